The molecule has 33 heavy (non-hydrogen) atoms. The molecule has 2 aromatic rings. The van der Waals surface area contributed by atoms with Gasteiger partial charge in [0.1, 0.15) is 6.61 Å². The quantitative estimate of drug-likeness (QED) is 0.218. The van der Waals surface area contributed by atoms with Crippen molar-refractivity contribution >= 4 is 74.2 Å². The van der Waals surface area contributed by atoms with Crippen LogP contribution in [0.15, 0.2) is 56.0 Å². The number of hydrogen-bond donors (Lipinski definition) is 1. The number of amidine groups is 1. The van der Waals surface area contributed by atoms with Gasteiger partial charge in [0.2, 0.25) is 0 Å². The van der Waals surface area contributed by atoms with E-state index in [0.717, 1.165) is 23.4 Å². The molecule has 1 amide bonds. The SMILES string of the molecule is COC(=O)/C=C1/S/C(=N\N=Cc2cc(OC)c(OCc3ccc(Cl)cc3Cl)cc2Br)NC1=O. The van der Waals surface area contributed by atoms with E-state index >= 15 is 0 Å². The van der Waals surface area contributed by atoms with Crippen molar-refractivity contribution in [1.29, 1.82) is 0 Å². The van der Waals surface area contributed by atoms with Crippen LogP contribution in [-0.4, -0.2) is 37.5 Å². The van der Waals surface area contributed by atoms with Crippen LogP contribution in [0.2, 0.25) is 10.0 Å². The van der Waals surface area contributed by atoms with Crippen molar-refractivity contribution in [2.75, 3.05) is 14.2 Å². The number of thioether (sulfide) groups is 1. The number of ether oxygens (including phenoxy) is 3. The summed E-state index contributed by atoms with van der Waals surface area (Å²) in [5.41, 5.74) is 1.44. The number of nitrogens with one attached hydrogen (secondary N) is 1. The van der Waals surface area contributed by atoms with Gasteiger partial charge < -0.3 is 14.2 Å². The van der Waals surface area contributed by atoms with Crippen molar-refractivity contribution in [1.82, 2.24) is 5.32 Å². The molecule has 3 rings (SSSR count). The molecular formula is C21H16BrCl2N3O5S. The number of benzene rings is 2. The van der Waals surface area contributed by atoms with Crippen molar-refractivity contribution in [2.24, 2.45) is 10.2 Å². The lowest BCUT2D eigenvalue weighted by molar-refractivity contribution is -0.135. The summed E-state index contributed by atoms with van der Waals surface area (Å²) in [5.74, 6) is -0.113. The number of halogens is 3. The van der Waals surface area contributed by atoms with Crippen LogP contribution in [0.4, 0.5) is 0 Å². The lowest BCUT2D eigenvalue weighted by Crippen LogP contribution is -2.19. The maximum Gasteiger partial charge on any atom is 0.331 e. The van der Waals surface area contributed by atoms with Gasteiger partial charge in [0.05, 0.1) is 25.3 Å². The first kappa shape index (κ1) is 25.1. The van der Waals surface area contributed by atoms with Crippen LogP contribution in [0.1, 0.15) is 11.1 Å². The van der Waals surface area contributed by atoms with Gasteiger partial charge in [0.15, 0.2) is 16.7 Å². The van der Waals surface area contributed by atoms with E-state index in [2.05, 4.69) is 36.2 Å². The molecule has 2 aromatic carbocycles. The molecule has 0 saturated carbocycles. The summed E-state index contributed by atoms with van der Waals surface area (Å²) < 4.78 is 16.5. The van der Waals surface area contributed by atoms with E-state index in [0.29, 0.717) is 31.6 Å². The molecule has 1 saturated heterocycles. The summed E-state index contributed by atoms with van der Waals surface area (Å²) in [5, 5.41) is 11.8. The predicted molar refractivity (Wildman–Crippen MR) is 132 cm³/mol. The van der Waals surface area contributed by atoms with Crippen LogP contribution in [0, 0.1) is 0 Å². The lowest BCUT2D eigenvalue weighted by Gasteiger charge is -2.13. The number of rotatable bonds is 7. The van der Waals surface area contributed by atoms with Crippen molar-refractivity contribution in [3.05, 3.63) is 67.0 Å². The van der Waals surface area contributed by atoms with Gasteiger partial charge >= 0.3 is 5.97 Å². The summed E-state index contributed by atoms with van der Waals surface area (Å²) in [6, 6.07) is 8.63. The molecule has 1 aliphatic heterocycles. The first-order valence-corrected chi connectivity index (χ1v) is 11.5. The van der Waals surface area contributed by atoms with Gasteiger partial charge in [-0.3, -0.25) is 10.1 Å². The highest BCUT2D eigenvalue weighted by molar-refractivity contribution is 9.10. The Bertz CT molecular complexity index is 1190. The van der Waals surface area contributed by atoms with Crippen molar-refractivity contribution in [2.45, 2.75) is 6.61 Å². The molecular weight excluding hydrogens is 557 g/mol. The maximum absolute atomic E-state index is 11.9. The molecule has 1 N–H and O–H groups in total. The smallest absolute Gasteiger partial charge is 0.331 e. The summed E-state index contributed by atoms with van der Waals surface area (Å²) in [6.07, 6.45) is 2.57. The third-order valence-corrected chi connectivity index (χ3v) is 6.30. The van der Waals surface area contributed by atoms with E-state index in [1.54, 1.807) is 30.3 Å². The molecule has 0 bridgehead atoms. The molecule has 1 aliphatic rings. The summed E-state index contributed by atoms with van der Waals surface area (Å²) in [4.78, 5) is 23.3. The minimum Gasteiger partial charge on any atom is -0.493 e. The van der Waals surface area contributed by atoms with Gasteiger partial charge in [-0.1, -0.05) is 29.3 Å². The fourth-order valence-electron chi connectivity index (χ4n) is 2.50. The van der Waals surface area contributed by atoms with Gasteiger partial charge in [-0.05, 0) is 52.0 Å². The molecule has 0 unspecified atom stereocenters. The highest BCUT2D eigenvalue weighted by Gasteiger charge is 2.25. The third-order valence-electron chi connectivity index (χ3n) is 4.13. The zero-order valence-electron chi connectivity index (χ0n) is 17.2. The van der Waals surface area contributed by atoms with E-state index in [4.69, 9.17) is 32.7 Å². The fourth-order valence-corrected chi connectivity index (χ4v) is 4.13. The highest BCUT2D eigenvalue weighted by Crippen LogP contribution is 2.34. The minimum atomic E-state index is -0.630. The highest BCUT2D eigenvalue weighted by atomic mass is 79.9. The van der Waals surface area contributed by atoms with Crippen LogP contribution < -0.4 is 14.8 Å². The molecule has 0 atom stereocenters. The Hall–Kier alpha value is -2.53. The second-order valence-electron chi connectivity index (χ2n) is 6.29. The van der Waals surface area contributed by atoms with E-state index in [9.17, 15) is 9.59 Å². The van der Waals surface area contributed by atoms with Gasteiger partial charge in [0, 0.05) is 31.7 Å². The van der Waals surface area contributed by atoms with Crippen molar-refractivity contribution < 1.29 is 23.8 Å². The van der Waals surface area contributed by atoms with Crippen LogP contribution in [-0.2, 0) is 20.9 Å². The zero-order valence-corrected chi connectivity index (χ0v) is 21.1. The van der Waals surface area contributed by atoms with Crippen LogP contribution >= 0.6 is 50.9 Å². The van der Waals surface area contributed by atoms with Gasteiger partial charge in [0.25, 0.3) is 5.91 Å². The molecule has 8 nitrogen and oxygen atoms in total. The Morgan fingerprint density at radius 2 is 2.00 bits per heavy atom. The molecule has 172 valence electrons. The maximum atomic E-state index is 11.9. The number of amides is 1. The number of hydrogen-bond acceptors (Lipinski definition) is 8. The van der Waals surface area contributed by atoms with E-state index in [1.807, 2.05) is 0 Å². The Morgan fingerprint density at radius 1 is 1.21 bits per heavy atom. The monoisotopic (exact) mass is 571 g/mol. The van der Waals surface area contributed by atoms with E-state index in [-0.39, 0.29) is 16.7 Å². The zero-order chi connectivity index (χ0) is 24.0. The normalized spacial score (nSPS) is 15.8. The number of esters is 1. The first-order chi connectivity index (χ1) is 15.8. The van der Waals surface area contributed by atoms with Gasteiger partial charge in [-0.15, -0.1) is 5.10 Å². The summed E-state index contributed by atoms with van der Waals surface area (Å²) in [7, 11) is 2.75. The van der Waals surface area contributed by atoms with Gasteiger partial charge in [-0.25, -0.2) is 4.79 Å². The second-order valence-corrected chi connectivity index (χ2v) is 9.02. The van der Waals surface area contributed by atoms with Crippen LogP contribution in [0.5, 0.6) is 11.5 Å². The fraction of sp³-hybridized carbons (Fsp3) is 0.143. The Balaban J connectivity index is 1.72. The Morgan fingerprint density at radius 3 is 2.70 bits per heavy atom. The third kappa shape index (κ3) is 6.73. The summed E-state index contributed by atoms with van der Waals surface area (Å²) >= 11 is 16.6. The second kappa shape index (κ2) is 11.6. The minimum absolute atomic E-state index is 0.168. The number of nitrogens with zero attached hydrogens (tertiary/aromatic N) is 2. The molecule has 0 radical (unpaired) electrons. The van der Waals surface area contributed by atoms with Crippen molar-refractivity contribution in [3.63, 3.8) is 0 Å². The molecule has 0 aliphatic carbocycles. The van der Waals surface area contributed by atoms with E-state index < -0.39 is 11.9 Å². The number of methoxy groups -OCH3 is 2. The predicted octanol–water partition coefficient (Wildman–Crippen LogP) is 4.95. The first-order valence-electron chi connectivity index (χ1n) is 9.15. The largest absolute Gasteiger partial charge is 0.493 e. The van der Waals surface area contributed by atoms with Crippen LogP contribution in [0.25, 0.3) is 0 Å². The molecule has 1 fully saturated rings. The van der Waals surface area contributed by atoms with E-state index in [1.165, 1.54) is 20.4 Å². The molecule has 1 heterocycles. The van der Waals surface area contributed by atoms with Crippen LogP contribution in [0.3, 0.4) is 0 Å². The average molecular weight is 573 g/mol. The number of carbonyl (C=O) groups is 2. The summed E-state index contributed by atoms with van der Waals surface area (Å²) in [6.45, 7) is 0.220. The molecule has 0 spiro atoms. The Labute approximate surface area is 212 Å². The average Bonchev–Trinajstić information content (AvgIpc) is 3.13. The van der Waals surface area contributed by atoms with Crippen molar-refractivity contribution in [3.8, 4) is 11.5 Å². The lowest BCUT2D eigenvalue weighted by atomic mass is 10.2. The molecule has 12 heteroatoms. The van der Waals surface area contributed by atoms with Gasteiger partial charge in [-0.2, -0.15) is 5.10 Å². The Kier molecular flexibility index (Phi) is 8.79. The standard InChI is InChI=1S/C21H16BrCl2N3O5S/c1-30-16-5-12(9-25-27-21-26-20(29)18(33-21)8-19(28)31-2)14(22)7-17(16)32-10-11-3-4-13(23)6-15(11)24/h3-9H,10H2,1-2H3,(H,26,27,29)/b18-8+,25-9?. The topological polar surface area (TPSA) is 98.6 Å². The number of carbonyl (C=O) groups excluding carboxylic acids is 2. The molecule has 0 aromatic heterocycles.